The molecule has 0 saturated carbocycles. The highest BCUT2D eigenvalue weighted by atomic mass is 32.2. The Kier molecular flexibility index (Phi) is 4.27. The standard InChI is InChI=1S/C20H19N5O3S/c1-11-6-14-18(24-13-5-4-12-9-23-25(2)16(12)8-13)15(20(21)26)10-22-19(14)17(7-11)29(3,27)28/h4-10H,1-3H3,(H2,21,26)(H,22,24). The van der Waals surface area contributed by atoms with Crippen molar-refractivity contribution >= 4 is 48.9 Å². The summed E-state index contributed by atoms with van der Waals surface area (Å²) in [6, 6.07) is 9.01. The van der Waals surface area contributed by atoms with Crippen LogP contribution >= 0.6 is 0 Å². The second-order valence-electron chi connectivity index (χ2n) is 7.01. The van der Waals surface area contributed by atoms with Crippen molar-refractivity contribution in [2.24, 2.45) is 12.8 Å². The van der Waals surface area contributed by atoms with Gasteiger partial charge in [0.25, 0.3) is 5.91 Å². The zero-order valence-electron chi connectivity index (χ0n) is 16.1. The zero-order chi connectivity index (χ0) is 20.9. The molecule has 0 unspecified atom stereocenters. The van der Waals surface area contributed by atoms with Crippen LogP contribution in [0.25, 0.3) is 21.8 Å². The molecule has 0 saturated heterocycles. The first-order valence-electron chi connectivity index (χ1n) is 8.77. The van der Waals surface area contributed by atoms with Gasteiger partial charge in [0.1, 0.15) is 0 Å². The molecule has 0 aliphatic heterocycles. The molecule has 0 fully saturated rings. The number of sulfone groups is 1. The normalized spacial score (nSPS) is 11.8. The van der Waals surface area contributed by atoms with Gasteiger partial charge >= 0.3 is 0 Å². The average molecular weight is 409 g/mol. The van der Waals surface area contributed by atoms with Crippen LogP contribution in [0.15, 0.2) is 47.6 Å². The Balaban J connectivity index is 1.99. The van der Waals surface area contributed by atoms with Gasteiger partial charge in [-0.2, -0.15) is 5.10 Å². The number of pyridine rings is 1. The lowest BCUT2D eigenvalue weighted by Gasteiger charge is -2.15. The van der Waals surface area contributed by atoms with Gasteiger partial charge in [-0.05, 0) is 42.8 Å². The highest BCUT2D eigenvalue weighted by molar-refractivity contribution is 7.91. The van der Waals surface area contributed by atoms with E-state index >= 15 is 0 Å². The summed E-state index contributed by atoms with van der Waals surface area (Å²) < 4.78 is 26.3. The highest BCUT2D eigenvalue weighted by Crippen LogP contribution is 2.34. The lowest BCUT2D eigenvalue weighted by Crippen LogP contribution is -2.14. The fourth-order valence-corrected chi connectivity index (χ4v) is 4.29. The first kappa shape index (κ1) is 18.9. The number of aryl methyl sites for hydroxylation is 2. The smallest absolute Gasteiger partial charge is 0.252 e. The molecule has 0 radical (unpaired) electrons. The van der Waals surface area contributed by atoms with Crippen molar-refractivity contribution in [1.82, 2.24) is 14.8 Å². The molecule has 2 heterocycles. The second kappa shape index (κ2) is 6.56. The predicted octanol–water partition coefficient (Wildman–Crippen LogP) is 2.68. The van der Waals surface area contributed by atoms with Crippen LogP contribution in [0.3, 0.4) is 0 Å². The van der Waals surface area contributed by atoms with Gasteiger partial charge in [0.2, 0.25) is 0 Å². The van der Waals surface area contributed by atoms with Crippen molar-refractivity contribution in [3.63, 3.8) is 0 Å². The number of amides is 1. The van der Waals surface area contributed by atoms with Crippen molar-refractivity contribution in [3.8, 4) is 0 Å². The lowest BCUT2D eigenvalue weighted by molar-refractivity contribution is 0.100. The summed E-state index contributed by atoms with van der Waals surface area (Å²) >= 11 is 0. The van der Waals surface area contributed by atoms with Crippen molar-refractivity contribution in [3.05, 3.63) is 53.9 Å². The van der Waals surface area contributed by atoms with Crippen LogP contribution in [0.5, 0.6) is 0 Å². The van der Waals surface area contributed by atoms with Gasteiger partial charge in [0, 0.05) is 36.0 Å². The van der Waals surface area contributed by atoms with E-state index in [1.54, 1.807) is 29.9 Å². The number of aromatic nitrogens is 3. The Morgan fingerprint density at radius 2 is 1.93 bits per heavy atom. The fraction of sp³-hybridized carbons (Fsp3) is 0.150. The number of fused-ring (bicyclic) bond motifs is 2. The number of anilines is 2. The maximum atomic E-state index is 12.3. The number of benzene rings is 2. The third kappa shape index (κ3) is 3.29. The second-order valence-corrected chi connectivity index (χ2v) is 8.99. The van der Waals surface area contributed by atoms with E-state index < -0.39 is 15.7 Å². The largest absolute Gasteiger partial charge is 0.365 e. The van der Waals surface area contributed by atoms with Crippen molar-refractivity contribution in [2.45, 2.75) is 11.8 Å². The number of hydrogen-bond donors (Lipinski definition) is 2. The molecule has 29 heavy (non-hydrogen) atoms. The van der Waals surface area contributed by atoms with Crippen molar-refractivity contribution in [1.29, 1.82) is 0 Å². The number of carbonyl (C=O) groups excluding carboxylic acids is 1. The Hall–Kier alpha value is -3.46. The maximum absolute atomic E-state index is 12.3. The monoisotopic (exact) mass is 409 g/mol. The Morgan fingerprint density at radius 3 is 2.62 bits per heavy atom. The molecule has 0 aliphatic carbocycles. The van der Waals surface area contributed by atoms with Crippen LogP contribution in [0, 0.1) is 6.92 Å². The topological polar surface area (TPSA) is 120 Å². The average Bonchev–Trinajstić information content (AvgIpc) is 3.01. The molecule has 4 aromatic rings. The van der Waals surface area contributed by atoms with Crippen LogP contribution in [-0.2, 0) is 16.9 Å². The Morgan fingerprint density at radius 1 is 1.17 bits per heavy atom. The minimum absolute atomic E-state index is 0.105. The van der Waals surface area contributed by atoms with E-state index in [0.717, 1.165) is 22.7 Å². The van der Waals surface area contributed by atoms with E-state index in [1.165, 1.54) is 6.20 Å². The highest BCUT2D eigenvalue weighted by Gasteiger charge is 2.20. The predicted molar refractivity (Wildman–Crippen MR) is 112 cm³/mol. The minimum Gasteiger partial charge on any atom is -0.365 e. The molecule has 0 aliphatic rings. The van der Waals surface area contributed by atoms with Crippen LogP contribution in [0.1, 0.15) is 15.9 Å². The van der Waals surface area contributed by atoms with Crippen LogP contribution < -0.4 is 11.1 Å². The number of primary amides is 1. The first-order chi connectivity index (χ1) is 13.6. The zero-order valence-corrected chi connectivity index (χ0v) is 16.9. The number of nitrogens with zero attached hydrogens (tertiary/aromatic N) is 3. The number of rotatable bonds is 4. The maximum Gasteiger partial charge on any atom is 0.252 e. The summed E-state index contributed by atoms with van der Waals surface area (Å²) in [5.41, 5.74) is 8.78. The van der Waals surface area contributed by atoms with Gasteiger partial charge in [-0.3, -0.25) is 14.5 Å². The van der Waals surface area contributed by atoms with E-state index in [9.17, 15) is 13.2 Å². The van der Waals surface area contributed by atoms with Gasteiger partial charge in [0.05, 0.1) is 33.4 Å². The number of nitrogens with one attached hydrogen (secondary N) is 1. The molecule has 3 N–H and O–H groups in total. The molecule has 2 aromatic heterocycles. The molecule has 0 atom stereocenters. The van der Waals surface area contributed by atoms with E-state index in [0.29, 0.717) is 16.8 Å². The molecule has 8 nitrogen and oxygen atoms in total. The molecule has 2 aromatic carbocycles. The van der Waals surface area contributed by atoms with Crippen molar-refractivity contribution < 1.29 is 13.2 Å². The summed E-state index contributed by atoms with van der Waals surface area (Å²) in [5.74, 6) is -0.661. The number of nitrogens with two attached hydrogens (primary N) is 1. The molecule has 148 valence electrons. The minimum atomic E-state index is -3.52. The van der Waals surface area contributed by atoms with Gasteiger partial charge < -0.3 is 11.1 Å². The fourth-order valence-electron chi connectivity index (χ4n) is 3.38. The quantitative estimate of drug-likeness (QED) is 0.535. The molecule has 0 spiro atoms. The van der Waals surface area contributed by atoms with Gasteiger partial charge in [-0.1, -0.05) is 0 Å². The summed E-state index contributed by atoms with van der Waals surface area (Å²) in [7, 11) is -1.68. The number of carbonyl (C=O) groups is 1. The molecule has 4 rings (SSSR count). The summed E-state index contributed by atoms with van der Waals surface area (Å²) in [5, 5.41) is 8.94. The molecular formula is C20H19N5O3S. The van der Waals surface area contributed by atoms with Crippen LogP contribution in [0.2, 0.25) is 0 Å². The van der Waals surface area contributed by atoms with Gasteiger partial charge in [0.15, 0.2) is 9.84 Å². The van der Waals surface area contributed by atoms with E-state index in [2.05, 4.69) is 15.4 Å². The molecule has 1 amide bonds. The van der Waals surface area contributed by atoms with E-state index in [4.69, 9.17) is 5.73 Å². The van der Waals surface area contributed by atoms with Gasteiger partial charge in [-0.25, -0.2) is 8.42 Å². The molecule has 9 heteroatoms. The Labute approximate surface area is 167 Å². The van der Waals surface area contributed by atoms with E-state index in [-0.39, 0.29) is 16.0 Å². The summed E-state index contributed by atoms with van der Waals surface area (Å²) in [4.78, 5) is 16.4. The summed E-state index contributed by atoms with van der Waals surface area (Å²) in [6.45, 7) is 1.79. The number of hydrogen-bond acceptors (Lipinski definition) is 6. The summed E-state index contributed by atoms with van der Waals surface area (Å²) in [6.07, 6.45) is 4.20. The van der Waals surface area contributed by atoms with E-state index in [1.807, 2.05) is 25.2 Å². The molecule has 0 bridgehead atoms. The van der Waals surface area contributed by atoms with Crippen LogP contribution in [0.4, 0.5) is 11.4 Å². The lowest BCUT2D eigenvalue weighted by atomic mass is 10.1. The Bertz CT molecular complexity index is 1410. The SMILES string of the molecule is Cc1cc(S(C)(=O)=O)c2ncc(C(N)=O)c(Nc3ccc4cnn(C)c4c3)c2c1. The van der Waals surface area contributed by atoms with Crippen LogP contribution in [-0.4, -0.2) is 35.3 Å². The van der Waals surface area contributed by atoms with Gasteiger partial charge in [-0.15, -0.1) is 0 Å². The molecular weight excluding hydrogens is 390 g/mol. The van der Waals surface area contributed by atoms with Crippen molar-refractivity contribution in [2.75, 3.05) is 11.6 Å². The first-order valence-corrected chi connectivity index (χ1v) is 10.7. The third-order valence-corrected chi connectivity index (χ3v) is 5.87. The third-order valence-electron chi connectivity index (χ3n) is 4.76.